The summed E-state index contributed by atoms with van der Waals surface area (Å²) >= 11 is 0. The molecule has 0 unspecified atom stereocenters. The van der Waals surface area contributed by atoms with Crippen LogP contribution in [0.5, 0.6) is 0 Å². The van der Waals surface area contributed by atoms with E-state index < -0.39 is 0 Å². The van der Waals surface area contributed by atoms with Gasteiger partial charge in [0.25, 0.3) is 11.8 Å². The van der Waals surface area contributed by atoms with Crippen LogP contribution in [0, 0.1) is 0 Å². The molecule has 2 aromatic rings. The van der Waals surface area contributed by atoms with E-state index in [2.05, 4.69) is 10.6 Å². The van der Waals surface area contributed by atoms with Crippen molar-refractivity contribution in [2.45, 2.75) is 20.8 Å². The lowest BCUT2D eigenvalue weighted by Gasteiger charge is -2.18. The number of allylic oxidation sites excluding steroid dienone is 1. The molecule has 27 heavy (non-hydrogen) atoms. The van der Waals surface area contributed by atoms with Gasteiger partial charge < -0.3 is 21.3 Å². The highest BCUT2D eigenvalue weighted by Crippen LogP contribution is 2.35. The predicted molar refractivity (Wildman–Crippen MR) is 109 cm³/mol. The van der Waals surface area contributed by atoms with E-state index in [0.29, 0.717) is 29.9 Å². The van der Waals surface area contributed by atoms with Gasteiger partial charge in [-0.05, 0) is 63.2 Å². The van der Waals surface area contributed by atoms with Crippen molar-refractivity contribution in [3.8, 4) is 0 Å². The molecule has 0 aromatic heterocycles. The normalized spacial score (nSPS) is 14.4. The maximum absolute atomic E-state index is 12.4. The third-order valence-electron chi connectivity index (χ3n) is 4.68. The lowest BCUT2D eigenvalue weighted by molar-refractivity contribution is -0.110. The van der Waals surface area contributed by atoms with Crippen LogP contribution < -0.4 is 16.4 Å². The molecule has 0 aliphatic carbocycles. The number of hydrogen-bond donors (Lipinski definition) is 3. The second-order valence-corrected chi connectivity index (χ2v) is 6.44. The molecule has 3 rings (SSSR count). The molecule has 4 N–H and O–H groups in total. The Hall–Kier alpha value is -3.28. The molecule has 0 atom stereocenters. The van der Waals surface area contributed by atoms with Crippen LogP contribution in [0.15, 0.2) is 48.2 Å². The summed E-state index contributed by atoms with van der Waals surface area (Å²) < 4.78 is 0. The molecule has 1 aliphatic rings. The number of fused-ring (bicyclic) bond motifs is 1. The molecule has 0 saturated heterocycles. The minimum atomic E-state index is -0.158. The molecular formula is C21H24N4O2. The Kier molecular flexibility index (Phi) is 5.16. The highest BCUT2D eigenvalue weighted by molar-refractivity contribution is 6.32. The van der Waals surface area contributed by atoms with Crippen LogP contribution >= 0.6 is 0 Å². The molecule has 1 aliphatic heterocycles. The number of carbonyl (C=O) groups is 2. The Balaban J connectivity index is 1.84. The van der Waals surface area contributed by atoms with Crippen molar-refractivity contribution < 1.29 is 9.59 Å². The monoisotopic (exact) mass is 364 g/mol. The minimum Gasteiger partial charge on any atom is -0.399 e. The van der Waals surface area contributed by atoms with Crippen LogP contribution in [-0.2, 0) is 4.79 Å². The van der Waals surface area contributed by atoms with E-state index >= 15 is 0 Å². The number of amides is 2. The van der Waals surface area contributed by atoms with Crippen molar-refractivity contribution in [3.63, 3.8) is 0 Å². The Labute approximate surface area is 159 Å². The second kappa shape index (κ2) is 7.53. The number of benzene rings is 2. The average Bonchev–Trinajstić information content (AvgIpc) is 2.98. The van der Waals surface area contributed by atoms with Crippen molar-refractivity contribution in [1.29, 1.82) is 0 Å². The van der Waals surface area contributed by atoms with Crippen molar-refractivity contribution in [3.05, 3.63) is 59.3 Å². The SMILES string of the molecule is CCN(CC)C(=O)c1ccc(N/C(C)=C2\C(=O)Nc3ccc(N)cc32)cc1. The van der Waals surface area contributed by atoms with Gasteiger partial charge in [-0.3, -0.25) is 9.59 Å². The zero-order valence-corrected chi connectivity index (χ0v) is 15.8. The second-order valence-electron chi connectivity index (χ2n) is 6.44. The fourth-order valence-corrected chi connectivity index (χ4v) is 3.23. The molecule has 0 saturated carbocycles. The highest BCUT2D eigenvalue weighted by Gasteiger charge is 2.26. The smallest absolute Gasteiger partial charge is 0.258 e. The molecule has 6 nitrogen and oxygen atoms in total. The van der Waals surface area contributed by atoms with Crippen molar-refractivity contribution in [2.24, 2.45) is 0 Å². The number of carbonyl (C=O) groups excluding carboxylic acids is 2. The number of nitrogens with zero attached hydrogens (tertiary/aromatic N) is 1. The molecule has 0 bridgehead atoms. The van der Waals surface area contributed by atoms with E-state index in [4.69, 9.17) is 5.73 Å². The first-order chi connectivity index (χ1) is 12.9. The molecular weight excluding hydrogens is 340 g/mol. The molecule has 140 valence electrons. The quantitative estimate of drug-likeness (QED) is 0.559. The van der Waals surface area contributed by atoms with E-state index in [1.54, 1.807) is 35.2 Å². The van der Waals surface area contributed by atoms with Gasteiger partial charge in [0.2, 0.25) is 0 Å². The van der Waals surface area contributed by atoms with E-state index in [1.165, 1.54) is 0 Å². The lowest BCUT2D eigenvalue weighted by atomic mass is 10.0. The summed E-state index contributed by atoms with van der Waals surface area (Å²) in [6.07, 6.45) is 0. The first-order valence-electron chi connectivity index (χ1n) is 9.03. The molecule has 2 aromatic carbocycles. The average molecular weight is 364 g/mol. The van der Waals surface area contributed by atoms with E-state index in [0.717, 1.165) is 22.6 Å². The Bertz CT molecular complexity index is 912. The minimum absolute atomic E-state index is 0.0150. The van der Waals surface area contributed by atoms with Gasteiger partial charge in [-0.2, -0.15) is 0 Å². The zero-order valence-electron chi connectivity index (χ0n) is 15.8. The molecule has 2 amide bonds. The zero-order chi connectivity index (χ0) is 19.6. The Morgan fingerprint density at radius 1 is 1.11 bits per heavy atom. The van der Waals surface area contributed by atoms with Gasteiger partial charge in [0, 0.05) is 47.0 Å². The van der Waals surface area contributed by atoms with Crippen LogP contribution in [0.1, 0.15) is 36.7 Å². The fourth-order valence-electron chi connectivity index (χ4n) is 3.23. The maximum atomic E-state index is 12.4. The first-order valence-corrected chi connectivity index (χ1v) is 9.03. The lowest BCUT2D eigenvalue weighted by Crippen LogP contribution is -2.30. The van der Waals surface area contributed by atoms with E-state index in [1.807, 2.05) is 32.9 Å². The summed E-state index contributed by atoms with van der Waals surface area (Å²) in [5, 5.41) is 6.10. The first kappa shape index (κ1) is 18.5. The Morgan fingerprint density at radius 3 is 2.41 bits per heavy atom. The molecule has 0 spiro atoms. The third-order valence-corrected chi connectivity index (χ3v) is 4.68. The van der Waals surface area contributed by atoms with Crippen LogP contribution in [0.4, 0.5) is 17.1 Å². The van der Waals surface area contributed by atoms with Crippen LogP contribution in [-0.4, -0.2) is 29.8 Å². The summed E-state index contributed by atoms with van der Waals surface area (Å²) in [6.45, 7) is 7.13. The number of nitrogens with one attached hydrogen (secondary N) is 2. The van der Waals surface area contributed by atoms with Crippen LogP contribution in [0.3, 0.4) is 0 Å². The van der Waals surface area contributed by atoms with Gasteiger partial charge in [-0.25, -0.2) is 0 Å². The topological polar surface area (TPSA) is 87.5 Å². The van der Waals surface area contributed by atoms with E-state index in [-0.39, 0.29) is 11.8 Å². The summed E-state index contributed by atoms with van der Waals surface area (Å²) in [5.41, 5.74) is 10.8. The summed E-state index contributed by atoms with van der Waals surface area (Å²) in [7, 11) is 0. The molecule has 6 heteroatoms. The molecule has 0 radical (unpaired) electrons. The van der Waals surface area contributed by atoms with Crippen molar-refractivity contribution in [2.75, 3.05) is 29.5 Å². The van der Waals surface area contributed by atoms with Gasteiger partial charge in [0.15, 0.2) is 0 Å². The summed E-state index contributed by atoms with van der Waals surface area (Å²) in [5.74, 6) is -0.143. The molecule has 1 heterocycles. The summed E-state index contributed by atoms with van der Waals surface area (Å²) in [4.78, 5) is 26.5. The van der Waals surface area contributed by atoms with Gasteiger partial charge in [-0.15, -0.1) is 0 Å². The number of anilines is 3. The molecule has 0 fully saturated rings. The number of hydrogen-bond acceptors (Lipinski definition) is 4. The van der Waals surface area contributed by atoms with E-state index in [9.17, 15) is 9.59 Å². The van der Waals surface area contributed by atoms with Gasteiger partial charge in [0.05, 0.1) is 5.57 Å². The fraction of sp³-hybridized carbons (Fsp3) is 0.238. The van der Waals surface area contributed by atoms with Crippen molar-refractivity contribution >= 4 is 34.4 Å². The van der Waals surface area contributed by atoms with Gasteiger partial charge in [0.1, 0.15) is 0 Å². The largest absolute Gasteiger partial charge is 0.399 e. The van der Waals surface area contributed by atoms with Crippen LogP contribution in [0.25, 0.3) is 5.57 Å². The Morgan fingerprint density at radius 2 is 1.78 bits per heavy atom. The van der Waals surface area contributed by atoms with Gasteiger partial charge in [-0.1, -0.05) is 0 Å². The standard InChI is InChI=1S/C21H24N4O2/c1-4-25(5-2)21(27)14-6-9-16(10-7-14)23-13(3)19-17-12-15(22)8-11-18(17)24-20(19)26/h6-12,23H,4-5,22H2,1-3H3,(H,24,26)/b19-13-. The highest BCUT2D eigenvalue weighted by atomic mass is 16.2. The third kappa shape index (κ3) is 3.65. The summed E-state index contributed by atoms with van der Waals surface area (Å²) in [6, 6.07) is 12.6. The maximum Gasteiger partial charge on any atom is 0.258 e. The predicted octanol–water partition coefficient (Wildman–Crippen LogP) is 3.55. The number of nitrogens with two attached hydrogens (primary N) is 1. The number of nitrogen functional groups attached to an aromatic ring is 1. The number of rotatable bonds is 5. The van der Waals surface area contributed by atoms with Crippen molar-refractivity contribution in [1.82, 2.24) is 4.90 Å². The van der Waals surface area contributed by atoms with Gasteiger partial charge >= 0.3 is 0 Å². The van der Waals surface area contributed by atoms with Crippen LogP contribution in [0.2, 0.25) is 0 Å².